The van der Waals surface area contributed by atoms with Crippen molar-refractivity contribution < 1.29 is 24.2 Å². The van der Waals surface area contributed by atoms with Gasteiger partial charge in [0.15, 0.2) is 0 Å². The molecule has 7 nitrogen and oxygen atoms in total. The predicted octanol–water partition coefficient (Wildman–Crippen LogP) is 4.16. The lowest BCUT2D eigenvalue weighted by atomic mass is 9.89. The molecule has 2 aliphatic carbocycles. The maximum atomic E-state index is 13.2. The van der Waals surface area contributed by atoms with E-state index in [1.807, 2.05) is 29.2 Å². The first-order valence-electron chi connectivity index (χ1n) is 12.7. The van der Waals surface area contributed by atoms with Gasteiger partial charge in [-0.2, -0.15) is 0 Å². The van der Waals surface area contributed by atoms with Gasteiger partial charge in [0.05, 0.1) is 5.92 Å². The van der Waals surface area contributed by atoms with Crippen LogP contribution in [0.1, 0.15) is 55.6 Å². The number of rotatable bonds is 5. The number of alkyl carbamates (subject to hydrolysis) is 1. The second-order valence-electron chi connectivity index (χ2n) is 10.4. The lowest BCUT2D eigenvalue weighted by Crippen LogP contribution is -2.41. The van der Waals surface area contributed by atoms with E-state index < -0.39 is 18.0 Å². The fourth-order valence-electron chi connectivity index (χ4n) is 6.95. The summed E-state index contributed by atoms with van der Waals surface area (Å²) in [6, 6.07) is 16.3. The zero-order valence-electron chi connectivity index (χ0n) is 19.6. The Labute approximate surface area is 204 Å². The van der Waals surface area contributed by atoms with Crippen LogP contribution in [0.25, 0.3) is 11.1 Å². The fraction of sp³-hybridized carbons (Fsp3) is 0.464. The molecule has 0 aromatic heterocycles. The van der Waals surface area contributed by atoms with Gasteiger partial charge >= 0.3 is 12.1 Å². The highest BCUT2D eigenvalue weighted by Crippen LogP contribution is 2.45. The average molecular weight is 475 g/mol. The molecule has 2 aromatic rings. The molecule has 1 saturated carbocycles. The number of fused-ring (bicyclic) bond motifs is 5. The molecule has 7 heteroatoms. The molecule has 182 valence electrons. The zero-order chi connectivity index (χ0) is 24.1. The van der Waals surface area contributed by atoms with Gasteiger partial charge in [-0.1, -0.05) is 48.5 Å². The molecule has 2 saturated heterocycles. The highest BCUT2D eigenvalue weighted by Gasteiger charge is 2.52. The quantitative estimate of drug-likeness (QED) is 0.679. The standard InChI is InChI=1S/C28H30N2O5/c31-26(30-18-11-12-25(30)23(14-18)27(32)33)16-9-10-17(13-16)29-28(34)35-15-24-21-7-3-1-5-19(21)20-6-2-4-8-22(20)24/h1-8,16-18,23-25H,9-15H2,(H,29,34)(H,32,33)/t16-,17+,18+,23-,25-/m0/s1. The Kier molecular flexibility index (Phi) is 5.50. The summed E-state index contributed by atoms with van der Waals surface area (Å²) in [5.74, 6) is -1.31. The largest absolute Gasteiger partial charge is 0.481 e. The first kappa shape index (κ1) is 22.1. The fourth-order valence-corrected chi connectivity index (χ4v) is 6.95. The molecule has 2 heterocycles. The number of ether oxygens (including phenoxy) is 1. The number of nitrogens with one attached hydrogen (secondary N) is 1. The molecule has 2 aliphatic heterocycles. The van der Waals surface area contributed by atoms with E-state index in [4.69, 9.17) is 4.74 Å². The number of amides is 2. The van der Waals surface area contributed by atoms with Crippen molar-refractivity contribution in [3.05, 3.63) is 59.7 Å². The summed E-state index contributed by atoms with van der Waals surface area (Å²) in [4.78, 5) is 39.3. The Morgan fingerprint density at radius 2 is 1.60 bits per heavy atom. The van der Waals surface area contributed by atoms with E-state index in [0.717, 1.165) is 19.3 Å². The van der Waals surface area contributed by atoms with Gasteiger partial charge in [-0.25, -0.2) is 4.79 Å². The number of nitrogens with zero attached hydrogens (tertiary/aromatic N) is 1. The van der Waals surface area contributed by atoms with Crippen LogP contribution in [0.5, 0.6) is 0 Å². The van der Waals surface area contributed by atoms with E-state index >= 15 is 0 Å². The van der Waals surface area contributed by atoms with Gasteiger partial charge in [-0.15, -0.1) is 0 Å². The Morgan fingerprint density at radius 1 is 0.914 bits per heavy atom. The van der Waals surface area contributed by atoms with E-state index in [0.29, 0.717) is 19.3 Å². The Bertz CT molecular complexity index is 1130. The SMILES string of the molecule is O=C(N[C@@H]1CC[C@H](C(=O)N2[C@@H]3CC[C@H]2[C@@H](C(=O)O)C3)C1)OCC1c2ccccc2-c2ccccc21. The molecule has 2 amide bonds. The molecular formula is C28H30N2O5. The first-order valence-corrected chi connectivity index (χ1v) is 12.7. The molecule has 0 unspecified atom stereocenters. The highest BCUT2D eigenvalue weighted by molar-refractivity contribution is 5.83. The summed E-state index contributed by atoms with van der Waals surface area (Å²) < 4.78 is 5.67. The summed E-state index contributed by atoms with van der Waals surface area (Å²) in [6.45, 7) is 0.267. The molecular weight excluding hydrogens is 444 g/mol. The maximum absolute atomic E-state index is 13.2. The molecule has 3 fully saturated rings. The van der Waals surface area contributed by atoms with E-state index in [1.54, 1.807) is 0 Å². The minimum absolute atomic E-state index is 0.0128. The van der Waals surface area contributed by atoms with Gasteiger partial charge < -0.3 is 20.1 Å². The minimum atomic E-state index is -0.795. The van der Waals surface area contributed by atoms with Crippen molar-refractivity contribution in [1.82, 2.24) is 10.2 Å². The molecule has 0 radical (unpaired) electrons. The Morgan fingerprint density at radius 3 is 2.26 bits per heavy atom. The highest BCUT2D eigenvalue weighted by atomic mass is 16.5. The minimum Gasteiger partial charge on any atom is -0.481 e. The van der Waals surface area contributed by atoms with Crippen LogP contribution in [0, 0.1) is 11.8 Å². The van der Waals surface area contributed by atoms with E-state index in [2.05, 4.69) is 29.6 Å². The third-order valence-electron chi connectivity index (χ3n) is 8.56. The van der Waals surface area contributed by atoms with Gasteiger partial charge in [-0.3, -0.25) is 9.59 Å². The van der Waals surface area contributed by atoms with Gasteiger partial charge in [-0.05, 0) is 60.8 Å². The van der Waals surface area contributed by atoms with Crippen molar-refractivity contribution in [2.45, 2.75) is 62.6 Å². The third kappa shape index (κ3) is 3.77. The van der Waals surface area contributed by atoms with Crippen molar-refractivity contribution in [2.24, 2.45) is 11.8 Å². The van der Waals surface area contributed by atoms with Gasteiger partial charge in [0.1, 0.15) is 6.61 Å². The van der Waals surface area contributed by atoms with E-state index in [-0.39, 0.29) is 42.5 Å². The summed E-state index contributed by atoms with van der Waals surface area (Å²) in [6.07, 6.45) is 3.82. The second kappa shape index (κ2) is 8.70. The van der Waals surface area contributed by atoms with Crippen molar-refractivity contribution in [3.8, 4) is 11.1 Å². The molecule has 5 atom stereocenters. The molecule has 2 bridgehead atoms. The molecule has 2 N–H and O–H groups in total. The lowest BCUT2D eigenvalue weighted by Gasteiger charge is -2.26. The van der Waals surface area contributed by atoms with Crippen molar-refractivity contribution >= 4 is 18.0 Å². The summed E-state index contributed by atoms with van der Waals surface area (Å²) in [7, 11) is 0. The third-order valence-corrected chi connectivity index (χ3v) is 8.56. The van der Waals surface area contributed by atoms with E-state index in [9.17, 15) is 19.5 Å². The smallest absolute Gasteiger partial charge is 0.407 e. The number of carbonyl (C=O) groups excluding carboxylic acids is 2. The topological polar surface area (TPSA) is 95.9 Å². The number of aliphatic carboxylic acids is 1. The molecule has 2 aromatic carbocycles. The van der Waals surface area contributed by atoms with Crippen LogP contribution in [-0.2, 0) is 14.3 Å². The van der Waals surface area contributed by atoms with Crippen LogP contribution in [-0.4, -0.2) is 52.7 Å². The Balaban J connectivity index is 1.04. The van der Waals surface area contributed by atoms with Crippen molar-refractivity contribution in [2.75, 3.05) is 6.61 Å². The van der Waals surface area contributed by atoms with Crippen LogP contribution in [0.3, 0.4) is 0 Å². The molecule has 6 rings (SSSR count). The predicted molar refractivity (Wildman–Crippen MR) is 129 cm³/mol. The monoisotopic (exact) mass is 474 g/mol. The summed E-state index contributed by atoms with van der Waals surface area (Å²) in [5, 5.41) is 12.4. The van der Waals surface area contributed by atoms with Gasteiger partial charge in [0.25, 0.3) is 0 Å². The second-order valence-corrected chi connectivity index (χ2v) is 10.4. The van der Waals surface area contributed by atoms with Gasteiger partial charge in [0.2, 0.25) is 5.91 Å². The molecule has 0 spiro atoms. The molecule has 35 heavy (non-hydrogen) atoms. The van der Waals surface area contributed by atoms with Crippen LogP contribution < -0.4 is 5.32 Å². The lowest BCUT2D eigenvalue weighted by molar-refractivity contribution is -0.143. The van der Waals surface area contributed by atoms with Gasteiger partial charge in [0, 0.05) is 30.0 Å². The van der Waals surface area contributed by atoms with Crippen LogP contribution in [0.2, 0.25) is 0 Å². The normalized spacial score (nSPS) is 28.6. The van der Waals surface area contributed by atoms with Crippen LogP contribution >= 0.6 is 0 Å². The average Bonchev–Trinajstić information content (AvgIpc) is 3.64. The number of carboxylic acid groups (broad SMARTS) is 1. The summed E-state index contributed by atoms with van der Waals surface area (Å²) in [5.41, 5.74) is 4.73. The molecule has 4 aliphatic rings. The Hall–Kier alpha value is -3.35. The number of hydrogen-bond donors (Lipinski definition) is 2. The first-order chi connectivity index (χ1) is 17.0. The number of benzene rings is 2. The van der Waals surface area contributed by atoms with Crippen molar-refractivity contribution in [3.63, 3.8) is 0 Å². The van der Waals surface area contributed by atoms with E-state index in [1.165, 1.54) is 22.3 Å². The zero-order valence-corrected chi connectivity index (χ0v) is 19.6. The maximum Gasteiger partial charge on any atom is 0.407 e. The van der Waals surface area contributed by atoms with Crippen LogP contribution in [0.4, 0.5) is 4.79 Å². The summed E-state index contributed by atoms with van der Waals surface area (Å²) >= 11 is 0. The number of carboxylic acids is 1. The van der Waals surface area contributed by atoms with Crippen molar-refractivity contribution in [1.29, 1.82) is 0 Å². The number of carbonyl (C=O) groups is 3. The van der Waals surface area contributed by atoms with Crippen LogP contribution in [0.15, 0.2) is 48.5 Å². The number of hydrogen-bond acceptors (Lipinski definition) is 4.